The van der Waals surface area contributed by atoms with Crippen LogP contribution in [0.4, 0.5) is 4.79 Å². The van der Waals surface area contributed by atoms with Gasteiger partial charge in [-0.25, -0.2) is 4.79 Å². The molecule has 2 atom stereocenters. The Balaban J connectivity index is 1.82. The van der Waals surface area contributed by atoms with E-state index in [4.69, 9.17) is 20.6 Å². The highest BCUT2D eigenvalue weighted by Gasteiger charge is 2.28. The summed E-state index contributed by atoms with van der Waals surface area (Å²) in [4.78, 5) is 14.3. The Morgan fingerprint density at radius 1 is 1.26 bits per heavy atom. The fourth-order valence-corrected chi connectivity index (χ4v) is 3.98. The topological polar surface area (TPSA) is 88.6 Å². The highest BCUT2D eigenvalue weighted by atomic mass is 32.2. The molecule has 2 unspecified atom stereocenters. The van der Waals surface area contributed by atoms with E-state index in [2.05, 4.69) is 0 Å². The number of benzene rings is 2. The standard InChI is InChI=1S/C20H23N3O3S/c1-23(2)20(24)25-12-16(13-7-4-3-5-8-13)26-15-9-6-10-17-14(15)11-18(27-17)19(21)22/h3-10,16,18H,11-12H2,1-2H3,(H3,21,22). The molecule has 3 N–H and O–H groups in total. The Kier molecular flexibility index (Phi) is 5.91. The Morgan fingerprint density at radius 2 is 2.00 bits per heavy atom. The highest BCUT2D eigenvalue weighted by molar-refractivity contribution is 8.01. The van der Waals surface area contributed by atoms with Crippen LogP contribution >= 0.6 is 11.8 Å². The molecule has 0 aliphatic carbocycles. The maximum absolute atomic E-state index is 11.8. The molecule has 7 heteroatoms. The molecule has 0 fully saturated rings. The molecule has 27 heavy (non-hydrogen) atoms. The molecule has 6 nitrogen and oxygen atoms in total. The molecule has 0 saturated heterocycles. The van der Waals surface area contributed by atoms with Crippen LogP contribution in [0.3, 0.4) is 0 Å². The first-order valence-electron chi connectivity index (χ1n) is 8.64. The molecular formula is C20H23N3O3S. The molecule has 142 valence electrons. The van der Waals surface area contributed by atoms with Crippen molar-refractivity contribution in [3.63, 3.8) is 0 Å². The predicted molar refractivity (Wildman–Crippen MR) is 107 cm³/mol. The molecule has 2 aromatic carbocycles. The van der Waals surface area contributed by atoms with Gasteiger partial charge in [0.2, 0.25) is 0 Å². The third kappa shape index (κ3) is 4.54. The lowest BCUT2D eigenvalue weighted by molar-refractivity contribution is 0.0658. The first kappa shape index (κ1) is 19.1. The number of carbonyl (C=O) groups is 1. The van der Waals surface area contributed by atoms with Crippen molar-refractivity contribution >= 4 is 23.7 Å². The average Bonchev–Trinajstić information content (AvgIpc) is 3.11. The fraction of sp³-hybridized carbons (Fsp3) is 0.300. The number of hydrogen-bond donors (Lipinski definition) is 2. The summed E-state index contributed by atoms with van der Waals surface area (Å²) in [6, 6.07) is 15.5. The van der Waals surface area contributed by atoms with Gasteiger partial charge in [-0.3, -0.25) is 5.41 Å². The number of rotatable bonds is 6. The second-order valence-electron chi connectivity index (χ2n) is 6.49. The van der Waals surface area contributed by atoms with E-state index in [9.17, 15) is 4.79 Å². The third-order valence-corrected chi connectivity index (χ3v) is 5.60. The van der Waals surface area contributed by atoms with Gasteiger partial charge in [0.25, 0.3) is 0 Å². The number of thioether (sulfide) groups is 1. The molecular weight excluding hydrogens is 362 g/mol. The summed E-state index contributed by atoms with van der Waals surface area (Å²) < 4.78 is 11.7. The third-order valence-electron chi connectivity index (χ3n) is 4.26. The van der Waals surface area contributed by atoms with Gasteiger partial charge in [-0.1, -0.05) is 36.4 Å². The van der Waals surface area contributed by atoms with E-state index in [1.807, 2.05) is 48.5 Å². The molecule has 0 aromatic heterocycles. The predicted octanol–water partition coefficient (Wildman–Crippen LogP) is 3.46. The molecule has 1 aliphatic heterocycles. The van der Waals surface area contributed by atoms with Gasteiger partial charge in [-0.05, 0) is 24.1 Å². The second-order valence-corrected chi connectivity index (χ2v) is 7.73. The number of nitrogens with one attached hydrogen (secondary N) is 1. The van der Waals surface area contributed by atoms with Gasteiger partial charge < -0.3 is 20.1 Å². The lowest BCUT2D eigenvalue weighted by Crippen LogP contribution is -2.26. The number of amides is 1. The number of ether oxygens (including phenoxy) is 2. The van der Waals surface area contributed by atoms with Gasteiger partial charge in [0.15, 0.2) is 6.10 Å². The maximum atomic E-state index is 11.8. The van der Waals surface area contributed by atoms with E-state index in [0.717, 1.165) is 21.8 Å². The quantitative estimate of drug-likeness (QED) is 0.587. The van der Waals surface area contributed by atoms with Crippen molar-refractivity contribution in [3.8, 4) is 5.75 Å². The molecule has 1 aliphatic rings. The SMILES string of the molecule is CN(C)C(=O)OCC(Oc1cccc2c1CC(C(=N)N)S2)c1ccccc1. The zero-order valence-corrected chi connectivity index (χ0v) is 16.2. The Morgan fingerprint density at radius 3 is 2.67 bits per heavy atom. The summed E-state index contributed by atoms with van der Waals surface area (Å²) >= 11 is 1.58. The normalized spacial score (nSPS) is 16.3. The maximum Gasteiger partial charge on any atom is 0.409 e. The van der Waals surface area contributed by atoms with E-state index in [-0.39, 0.29) is 17.7 Å². The number of nitrogens with zero attached hydrogens (tertiary/aromatic N) is 1. The van der Waals surface area contributed by atoms with E-state index < -0.39 is 12.2 Å². The lowest BCUT2D eigenvalue weighted by atomic mass is 10.1. The molecule has 1 heterocycles. The van der Waals surface area contributed by atoms with Gasteiger partial charge in [-0.2, -0.15) is 0 Å². The molecule has 0 bridgehead atoms. The number of hydrogen-bond acceptors (Lipinski definition) is 5. The minimum atomic E-state index is -0.428. The minimum Gasteiger partial charge on any atom is -0.482 e. The summed E-state index contributed by atoms with van der Waals surface area (Å²) in [6.07, 6.45) is -0.183. The largest absolute Gasteiger partial charge is 0.482 e. The van der Waals surface area contributed by atoms with Crippen LogP contribution in [0, 0.1) is 5.41 Å². The number of carbonyl (C=O) groups excluding carboxylic acids is 1. The van der Waals surface area contributed by atoms with Crippen LogP contribution in [0.5, 0.6) is 5.75 Å². The molecule has 0 spiro atoms. The van der Waals surface area contributed by atoms with Crippen molar-refractivity contribution in [1.82, 2.24) is 4.90 Å². The summed E-state index contributed by atoms with van der Waals surface area (Å²) in [5.41, 5.74) is 7.66. The molecule has 3 rings (SSSR count). The van der Waals surface area contributed by atoms with E-state index in [1.165, 1.54) is 4.90 Å². The van der Waals surface area contributed by atoms with E-state index in [0.29, 0.717) is 6.42 Å². The molecule has 2 aromatic rings. The van der Waals surface area contributed by atoms with Crippen LogP contribution in [0.1, 0.15) is 17.2 Å². The van der Waals surface area contributed by atoms with Crippen LogP contribution in [0.25, 0.3) is 0 Å². The summed E-state index contributed by atoms with van der Waals surface area (Å²) in [5, 5.41) is 7.66. The van der Waals surface area contributed by atoms with Crippen molar-refractivity contribution in [1.29, 1.82) is 5.41 Å². The zero-order chi connectivity index (χ0) is 19.4. The van der Waals surface area contributed by atoms with Crippen LogP contribution < -0.4 is 10.5 Å². The van der Waals surface area contributed by atoms with Crippen LogP contribution in [-0.2, 0) is 11.2 Å². The molecule has 0 radical (unpaired) electrons. The van der Waals surface area contributed by atoms with Crippen LogP contribution in [0.15, 0.2) is 53.4 Å². The van der Waals surface area contributed by atoms with E-state index in [1.54, 1.807) is 25.9 Å². The lowest BCUT2D eigenvalue weighted by Gasteiger charge is -2.22. The Hall–Kier alpha value is -2.67. The van der Waals surface area contributed by atoms with Crippen molar-refractivity contribution in [2.75, 3.05) is 20.7 Å². The fourth-order valence-electron chi connectivity index (χ4n) is 2.82. The number of amidine groups is 1. The Bertz CT molecular complexity index is 826. The summed E-state index contributed by atoms with van der Waals surface area (Å²) in [7, 11) is 3.29. The zero-order valence-electron chi connectivity index (χ0n) is 15.3. The molecule has 0 saturated carbocycles. The van der Waals surface area contributed by atoms with Crippen molar-refractivity contribution in [3.05, 3.63) is 59.7 Å². The van der Waals surface area contributed by atoms with Gasteiger partial charge in [0, 0.05) is 24.6 Å². The monoisotopic (exact) mass is 385 g/mol. The van der Waals surface area contributed by atoms with Gasteiger partial charge in [0.05, 0.1) is 5.25 Å². The summed E-state index contributed by atoms with van der Waals surface area (Å²) in [5.74, 6) is 0.903. The smallest absolute Gasteiger partial charge is 0.409 e. The second kappa shape index (κ2) is 8.35. The van der Waals surface area contributed by atoms with Gasteiger partial charge in [-0.15, -0.1) is 11.8 Å². The number of nitrogens with two attached hydrogens (primary N) is 1. The van der Waals surface area contributed by atoms with Gasteiger partial charge >= 0.3 is 6.09 Å². The summed E-state index contributed by atoms with van der Waals surface area (Å²) in [6.45, 7) is 0.105. The van der Waals surface area contributed by atoms with Crippen LogP contribution in [-0.4, -0.2) is 42.8 Å². The molecule has 1 amide bonds. The Labute approximate surface area is 163 Å². The minimum absolute atomic E-state index is 0.0634. The first-order chi connectivity index (χ1) is 13.0. The average molecular weight is 385 g/mol. The number of fused-ring (bicyclic) bond motifs is 1. The highest BCUT2D eigenvalue weighted by Crippen LogP contribution is 2.42. The van der Waals surface area contributed by atoms with Crippen molar-refractivity contribution < 1.29 is 14.3 Å². The first-order valence-corrected chi connectivity index (χ1v) is 9.52. The van der Waals surface area contributed by atoms with Crippen molar-refractivity contribution in [2.45, 2.75) is 22.7 Å². The van der Waals surface area contributed by atoms with Gasteiger partial charge in [0.1, 0.15) is 18.2 Å². The van der Waals surface area contributed by atoms with E-state index >= 15 is 0 Å². The van der Waals surface area contributed by atoms with Crippen LogP contribution in [0.2, 0.25) is 0 Å². The van der Waals surface area contributed by atoms with Crippen molar-refractivity contribution in [2.24, 2.45) is 5.73 Å².